The number of nitrogens with zero attached hydrogens (tertiary/aromatic N) is 3. The van der Waals surface area contributed by atoms with E-state index in [-0.39, 0.29) is 18.5 Å². The molecule has 0 spiro atoms. The van der Waals surface area contributed by atoms with Crippen molar-refractivity contribution in [2.75, 3.05) is 14.1 Å². The van der Waals surface area contributed by atoms with Gasteiger partial charge in [0.25, 0.3) is 5.65 Å². The zero-order valence-corrected chi connectivity index (χ0v) is 14.0. The molecule has 0 saturated carbocycles. The number of hydrogen-bond donors (Lipinski definition) is 0. The fourth-order valence-corrected chi connectivity index (χ4v) is 2.36. The van der Waals surface area contributed by atoms with Gasteiger partial charge in [-0.3, -0.25) is 0 Å². The highest BCUT2D eigenvalue weighted by Crippen LogP contribution is 2.24. The van der Waals surface area contributed by atoms with Gasteiger partial charge in [-0.2, -0.15) is 0 Å². The maximum atomic E-state index is 11.7. The molecule has 0 unspecified atom stereocenters. The predicted molar refractivity (Wildman–Crippen MR) is 83.7 cm³/mol. The first-order valence-corrected chi connectivity index (χ1v) is 7.01. The summed E-state index contributed by atoms with van der Waals surface area (Å²) in [5, 5.41) is 0. The summed E-state index contributed by atoms with van der Waals surface area (Å²) in [6.45, 7) is 0. The van der Waals surface area contributed by atoms with Crippen LogP contribution in [-0.4, -0.2) is 29.7 Å². The third-order valence-corrected chi connectivity index (χ3v) is 3.53. The van der Waals surface area contributed by atoms with Crippen LogP contribution in [0.5, 0.6) is 5.75 Å². The van der Waals surface area contributed by atoms with E-state index in [1.54, 1.807) is 20.2 Å². The highest BCUT2D eigenvalue weighted by atomic mass is 35.5. The average Bonchev–Trinajstić information content (AvgIpc) is 2.85. The number of ether oxygens (including phenoxy) is 1. The molecule has 0 saturated heterocycles. The highest BCUT2D eigenvalue weighted by molar-refractivity contribution is 5.71. The summed E-state index contributed by atoms with van der Waals surface area (Å²) in [6.07, 6.45) is 3.68. The lowest BCUT2D eigenvalue weighted by molar-refractivity contribution is -0.510. The van der Waals surface area contributed by atoms with E-state index >= 15 is 0 Å². The highest BCUT2D eigenvalue weighted by Gasteiger charge is 2.16. The lowest BCUT2D eigenvalue weighted by Gasteiger charge is -2.10. The number of hydrogen-bond acceptors (Lipinski definition) is 2. The number of carbonyl (C=O) groups is 1. The Kier molecular flexibility index (Phi) is 4.91. The van der Waals surface area contributed by atoms with Crippen LogP contribution >= 0.6 is 0 Å². The van der Waals surface area contributed by atoms with Crippen LogP contribution in [0, 0.1) is 0 Å². The van der Waals surface area contributed by atoms with Crippen LogP contribution in [0.25, 0.3) is 16.9 Å². The third kappa shape index (κ3) is 3.29. The largest absolute Gasteiger partial charge is 1.00 e. The van der Waals surface area contributed by atoms with Crippen molar-refractivity contribution in [1.82, 2.24) is 9.47 Å². The lowest BCUT2D eigenvalue weighted by atomic mass is 10.1. The minimum Gasteiger partial charge on any atom is -1.00 e. The van der Waals surface area contributed by atoms with Gasteiger partial charge in [-0.05, 0) is 18.2 Å². The van der Waals surface area contributed by atoms with Crippen molar-refractivity contribution in [2.24, 2.45) is 7.05 Å². The maximum absolute atomic E-state index is 11.7. The first kappa shape index (κ1) is 16.8. The minimum absolute atomic E-state index is 0. The molecule has 120 valence electrons. The Bertz CT molecular complexity index is 843. The predicted octanol–water partition coefficient (Wildman–Crippen LogP) is -0.505. The van der Waals surface area contributed by atoms with Crippen LogP contribution in [0.4, 0.5) is 4.79 Å². The van der Waals surface area contributed by atoms with E-state index < -0.39 is 0 Å². The molecular weight excluding hydrogens is 314 g/mol. The van der Waals surface area contributed by atoms with Crippen molar-refractivity contribution in [3.8, 4) is 17.0 Å². The Balaban J connectivity index is 0.00000192. The second kappa shape index (κ2) is 6.71. The molecule has 0 aliphatic rings. The Morgan fingerprint density at radius 2 is 1.96 bits per heavy atom. The van der Waals surface area contributed by atoms with E-state index in [1.807, 2.05) is 43.6 Å². The molecule has 0 atom stereocenters. The third-order valence-electron chi connectivity index (χ3n) is 3.53. The summed E-state index contributed by atoms with van der Waals surface area (Å²) in [7, 11) is 5.34. The van der Waals surface area contributed by atoms with E-state index in [2.05, 4.69) is 21.2 Å². The summed E-state index contributed by atoms with van der Waals surface area (Å²) in [5.74, 6) is 0.534. The van der Waals surface area contributed by atoms with Crippen LogP contribution in [0.3, 0.4) is 0 Å². The lowest BCUT2D eigenvalue weighted by Crippen LogP contribution is -3.00. The minimum atomic E-state index is -0.386. The van der Waals surface area contributed by atoms with Gasteiger partial charge in [0.2, 0.25) is 0 Å². The molecule has 0 aliphatic heterocycles. The Labute approximate surface area is 141 Å². The fraction of sp³-hybridized carbons (Fsp3) is 0.176. The first-order valence-electron chi connectivity index (χ1n) is 7.01. The molecule has 0 N–H and O–H groups in total. The van der Waals surface area contributed by atoms with Gasteiger partial charge in [0.1, 0.15) is 11.9 Å². The van der Waals surface area contributed by atoms with Crippen molar-refractivity contribution in [1.29, 1.82) is 0 Å². The molecule has 1 amide bonds. The molecular formula is C17H18ClN3O2. The van der Waals surface area contributed by atoms with E-state index in [0.717, 1.165) is 16.9 Å². The van der Waals surface area contributed by atoms with Gasteiger partial charge in [0.05, 0.1) is 13.2 Å². The van der Waals surface area contributed by atoms with Crippen LogP contribution in [0.2, 0.25) is 0 Å². The average molecular weight is 332 g/mol. The van der Waals surface area contributed by atoms with Crippen LogP contribution in [0.1, 0.15) is 0 Å². The number of imidazole rings is 1. The molecule has 0 aliphatic carbocycles. The normalized spacial score (nSPS) is 10.2. The fourth-order valence-electron chi connectivity index (χ4n) is 2.36. The number of amides is 1. The molecule has 6 heteroatoms. The first-order chi connectivity index (χ1) is 10.6. The van der Waals surface area contributed by atoms with Gasteiger partial charge in [0.15, 0.2) is 5.69 Å². The number of rotatable bonds is 2. The van der Waals surface area contributed by atoms with Crippen molar-refractivity contribution in [3.63, 3.8) is 0 Å². The molecule has 0 fully saturated rings. The van der Waals surface area contributed by atoms with E-state index in [1.165, 1.54) is 4.90 Å². The van der Waals surface area contributed by atoms with Gasteiger partial charge in [-0.1, -0.05) is 18.2 Å². The number of aromatic nitrogens is 2. The van der Waals surface area contributed by atoms with Gasteiger partial charge < -0.3 is 22.0 Å². The van der Waals surface area contributed by atoms with Gasteiger partial charge in [-0.25, -0.2) is 13.8 Å². The Morgan fingerprint density at radius 3 is 2.65 bits per heavy atom. The van der Waals surface area contributed by atoms with Gasteiger partial charge in [0, 0.05) is 25.7 Å². The molecule has 2 aromatic heterocycles. The van der Waals surface area contributed by atoms with E-state index in [4.69, 9.17) is 4.74 Å². The van der Waals surface area contributed by atoms with Crippen molar-refractivity contribution < 1.29 is 26.3 Å². The zero-order chi connectivity index (χ0) is 15.7. The maximum Gasteiger partial charge on any atom is 0.414 e. The number of halogens is 1. The van der Waals surface area contributed by atoms with Gasteiger partial charge in [-0.15, -0.1) is 0 Å². The molecule has 2 heterocycles. The molecule has 3 aromatic rings. The molecule has 0 radical (unpaired) electrons. The summed E-state index contributed by atoms with van der Waals surface area (Å²) >= 11 is 0. The quantitative estimate of drug-likeness (QED) is 0.594. The monoisotopic (exact) mass is 331 g/mol. The van der Waals surface area contributed by atoms with Gasteiger partial charge >= 0.3 is 6.09 Å². The molecule has 23 heavy (non-hydrogen) atoms. The van der Waals surface area contributed by atoms with Crippen molar-refractivity contribution >= 4 is 11.7 Å². The summed E-state index contributed by atoms with van der Waals surface area (Å²) in [4.78, 5) is 13.1. The summed E-state index contributed by atoms with van der Waals surface area (Å²) < 4.78 is 9.49. The zero-order valence-electron chi connectivity index (χ0n) is 13.2. The van der Waals surface area contributed by atoms with E-state index in [0.29, 0.717) is 5.75 Å². The SMILES string of the molecule is CN(C)C(=O)Oc1cccc(-c2c[n+]3ccccc3n2C)c1.[Cl-]. The number of fused-ring (bicyclic) bond motifs is 1. The topological polar surface area (TPSA) is 38.6 Å². The standard InChI is InChI=1S/C17H18N3O2.ClH/c1-18(2)17(21)22-14-8-6-7-13(11-14)15-12-20-10-5-4-9-16(20)19(15)3;/h4-12H,1-3H3;1H/q+1;/p-1. The van der Waals surface area contributed by atoms with Crippen molar-refractivity contribution in [3.05, 3.63) is 54.9 Å². The molecule has 5 nitrogen and oxygen atoms in total. The number of benzene rings is 1. The number of carbonyl (C=O) groups excluding carboxylic acids is 1. The number of aryl methyl sites for hydroxylation is 1. The molecule has 3 rings (SSSR count). The van der Waals surface area contributed by atoms with Crippen LogP contribution < -0.4 is 21.5 Å². The number of pyridine rings is 1. The summed E-state index contributed by atoms with van der Waals surface area (Å²) in [6, 6.07) is 13.6. The van der Waals surface area contributed by atoms with E-state index in [9.17, 15) is 4.79 Å². The van der Waals surface area contributed by atoms with Crippen LogP contribution in [-0.2, 0) is 7.05 Å². The molecule has 0 bridgehead atoms. The van der Waals surface area contributed by atoms with Crippen LogP contribution in [0.15, 0.2) is 54.9 Å². The smallest absolute Gasteiger partial charge is 0.414 e. The summed E-state index contributed by atoms with van der Waals surface area (Å²) in [5.41, 5.74) is 3.14. The Hall–Kier alpha value is -2.53. The second-order valence-electron chi connectivity index (χ2n) is 5.33. The molecule has 1 aromatic carbocycles. The Morgan fingerprint density at radius 1 is 1.17 bits per heavy atom. The van der Waals surface area contributed by atoms with Crippen molar-refractivity contribution in [2.45, 2.75) is 0 Å². The second-order valence-corrected chi connectivity index (χ2v) is 5.33.